The minimum atomic E-state index is 0.470. The molecule has 1 aromatic heterocycles. The Morgan fingerprint density at radius 1 is 0.871 bits per heavy atom. The van der Waals surface area contributed by atoms with Crippen molar-refractivity contribution in [1.82, 2.24) is 9.55 Å². The highest BCUT2D eigenvalue weighted by atomic mass is 35.5. The smallest absolute Gasteiger partial charge is 0.212 e. The Labute approximate surface area is 194 Å². The first-order chi connectivity index (χ1) is 14.9. The molecule has 0 aliphatic rings. The zero-order chi connectivity index (χ0) is 22.8. The number of hydrogen-bond acceptors (Lipinski definition) is 1. The summed E-state index contributed by atoms with van der Waals surface area (Å²) >= 11 is 5.30. The molecule has 0 spiro atoms. The van der Waals surface area contributed by atoms with Crippen molar-refractivity contribution in [2.24, 2.45) is 0 Å². The van der Waals surface area contributed by atoms with Crippen LogP contribution in [0.3, 0.4) is 0 Å². The summed E-state index contributed by atoms with van der Waals surface area (Å²) in [7, 11) is 0. The van der Waals surface area contributed by atoms with Crippen LogP contribution in [0.1, 0.15) is 64.5 Å². The van der Waals surface area contributed by atoms with E-state index in [0.29, 0.717) is 24.4 Å². The molecular weight excluding hydrogens is 399 g/mol. The van der Waals surface area contributed by atoms with Gasteiger partial charge in [0.25, 0.3) is 0 Å². The van der Waals surface area contributed by atoms with Crippen LogP contribution in [-0.2, 0) is 6.54 Å². The van der Waals surface area contributed by atoms with Crippen LogP contribution in [0.15, 0.2) is 78.9 Å². The summed E-state index contributed by atoms with van der Waals surface area (Å²) in [5.41, 5.74) is 7.47. The first-order valence-corrected chi connectivity index (χ1v) is 11.7. The van der Waals surface area contributed by atoms with Gasteiger partial charge in [-0.2, -0.15) is 0 Å². The molecule has 0 radical (unpaired) electrons. The molecule has 2 nitrogen and oxygen atoms in total. The third kappa shape index (κ3) is 7.14. The Bertz CT molecular complexity index is 878. The highest BCUT2D eigenvalue weighted by molar-refractivity contribution is 6.86. The van der Waals surface area contributed by atoms with Gasteiger partial charge in [-0.25, -0.2) is 4.98 Å². The lowest BCUT2D eigenvalue weighted by molar-refractivity contribution is 0.821. The number of halogens is 1. The molecule has 31 heavy (non-hydrogen) atoms. The van der Waals surface area contributed by atoms with Crippen LogP contribution < -0.4 is 10.9 Å². The quantitative estimate of drug-likeness (QED) is 0.384. The van der Waals surface area contributed by atoms with Crippen molar-refractivity contribution in [2.75, 3.05) is 0 Å². The number of aromatic nitrogens is 2. The highest BCUT2D eigenvalue weighted by Gasteiger charge is 2.28. The van der Waals surface area contributed by atoms with Crippen LogP contribution in [0.25, 0.3) is 0 Å². The van der Waals surface area contributed by atoms with Gasteiger partial charge < -0.3 is 4.57 Å². The summed E-state index contributed by atoms with van der Waals surface area (Å²) in [6.07, 6.45) is 7.22. The monoisotopic (exact) mass is 434 g/mol. The number of nitrogens with zero attached hydrogens (tertiary/aromatic N) is 2. The molecule has 4 heteroatoms. The van der Waals surface area contributed by atoms with Crippen molar-refractivity contribution in [3.63, 3.8) is 0 Å². The van der Waals surface area contributed by atoms with Crippen molar-refractivity contribution >= 4 is 29.2 Å². The van der Waals surface area contributed by atoms with Crippen molar-refractivity contribution in [1.29, 1.82) is 0 Å². The molecule has 2 aromatic carbocycles. The first-order valence-electron chi connectivity index (χ1n) is 11.2. The fourth-order valence-electron chi connectivity index (χ4n) is 4.08. The molecule has 0 N–H and O–H groups in total. The molecule has 0 amide bonds. The van der Waals surface area contributed by atoms with Gasteiger partial charge in [-0.3, -0.25) is 0 Å². The first kappa shape index (κ1) is 25.0. The van der Waals surface area contributed by atoms with E-state index >= 15 is 0 Å². The van der Waals surface area contributed by atoms with Crippen molar-refractivity contribution in [3.8, 4) is 0 Å². The minimum absolute atomic E-state index is 0.470. The zero-order valence-corrected chi connectivity index (χ0v) is 20.6. The van der Waals surface area contributed by atoms with Crippen molar-refractivity contribution < 1.29 is 0 Å². The molecule has 1 heterocycles. The molecule has 0 unspecified atom stereocenters. The van der Waals surface area contributed by atoms with Gasteiger partial charge in [0.15, 0.2) is 0 Å². The predicted octanol–water partition coefficient (Wildman–Crippen LogP) is 6.59. The fraction of sp³-hybridized carbons (Fsp3) is 0.370. The van der Waals surface area contributed by atoms with E-state index < -0.39 is 0 Å². The molecule has 0 bridgehead atoms. The van der Waals surface area contributed by atoms with Crippen LogP contribution in [-0.4, -0.2) is 16.3 Å². The Morgan fingerprint density at radius 2 is 1.39 bits per heavy atom. The van der Waals surface area contributed by atoms with Gasteiger partial charge >= 0.3 is 0 Å². The fourth-order valence-corrected chi connectivity index (χ4v) is 4.16. The molecule has 0 atom stereocenters. The minimum Gasteiger partial charge on any atom is -0.334 e. The Hall–Kier alpha value is -2.26. The maximum absolute atomic E-state index is 5.30. The normalized spacial score (nSPS) is 11.3. The van der Waals surface area contributed by atoms with E-state index in [9.17, 15) is 0 Å². The SMILES string of the molecule is CC(C)B(c1ccccc1C(C)C)c1ccccc1C(C)C.ClC=CCn1ccnc1. The lowest BCUT2D eigenvalue weighted by Crippen LogP contribution is -2.48. The van der Waals surface area contributed by atoms with E-state index in [4.69, 9.17) is 11.6 Å². The zero-order valence-electron chi connectivity index (χ0n) is 19.8. The van der Waals surface area contributed by atoms with Gasteiger partial charge in [-0.05, 0) is 11.8 Å². The van der Waals surface area contributed by atoms with Gasteiger partial charge in [-0.1, -0.05) is 136 Å². The number of rotatable bonds is 7. The predicted molar refractivity (Wildman–Crippen MR) is 138 cm³/mol. The molecule has 3 aromatic rings. The Balaban J connectivity index is 0.000000316. The van der Waals surface area contributed by atoms with E-state index in [1.54, 1.807) is 12.5 Å². The summed E-state index contributed by atoms with van der Waals surface area (Å²) in [5, 5.41) is 0. The molecule has 0 fully saturated rings. The van der Waals surface area contributed by atoms with E-state index in [-0.39, 0.29) is 0 Å². The van der Waals surface area contributed by atoms with E-state index in [2.05, 4.69) is 95.1 Å². The van der Waals surface area contributed by atoms with E-state index in [0.717, 1.165) is 6.54 Å². The third-order valence-electron chi connectivity index (χ3n) is 5.54. The van der Waals surface area contributed by atoms with Gasteiger partial charge in [0.05, 0.1) is 6.33 Å². The average Bonchev–Trinajstić information content (AvgIpc) is 3.27. The second-order valence-electron chi connectivity index (χ2n) is 8.91. The second kappa shape index (κ2) is 12.6. The Morgan fingerprint density at radius 3 is 1.77 bits per heavy atom. The van der Waals surface area contributed by atoms with Crippen LogP contribution >= 0.6 is 11.6 Å². The summed E-state index contributed by atoms with van der Waals surface area (Å²) in [4.78, 5) is 3.86. The van der Waals surface area contributed by atoms with Crippen LogP contribution in [0.5, 0.6) is 0 Å². The summed E-state index contributed by atoms with van der Waals surface area (Å²) in [6, 6.07) is 18.0. The van der Waals surface area contributed by atoms with Crippen LogP contribution in [0.4, 0.5) is 0 Å². The Kier molecular flexibility index (Phi) is 10.1. The number of allylic oxidation sites excluding steroid dienone is 1. The van der Waals surface area contributed by atoms with Crippen LogP contribution in [0, 0.1) is 0 Å². The largest absolute Gasteiger partial charge is 0.334 e. The molecule has 3 rings (SSSR count). The van der Waals surface area contributed by atoms with Crippen LogP contribution in [0.2, 0.25) is 5.82 Å². The average molecular weight is 435 g/mol. The molecule has 0 aliphatic carbocycles. The van der Waals surface area contributed by atoms with Crippen molar-refractivity contribution in [3.05, 3.63) is 90.0 Å². The number of hydrogen-bond donors (Lipinski definition) is 0. The standard InChI is InChI=1S/C21H29B.C6H7ClN2/c1-15(2)18-11-7-9-13-20(18)22(17(5)6)21-14-10-8-12-19(21)16(3)4;7-2-1-4-9-5-3-8-6-9/h7-17H,1-6H3;1-3,5-6H,4H2. The second-order valence-corrected chi connectivity index (χ2v) is 9.16. The van der Waals surface area contributed by atoms with Gasteiger partial charge in [0.1, 0.15) is 0 Å². The summed E-state index contributed by atoms with van der Waals surface area (Å²) in [5.74, 6) is 1.70. The maximum atomic E-state index is 5.30. The topological polar surface area (TPSA) is 17.8 Å². The number of imidazole rings is 1. The molecule has 164 valence electrons. The lowest BCUT2D eigenvalue weighted by Gasteiger charge is -2.26. The lowest BCUT2D eigenvalue weighted by atomic mass is 9.32. The third-order valence-corrected chi connectivity index (χ3v) is 5.72. The van der Waals surface area contributed by atoms with Crippen molar-refractivity contribution in [2.45, 2.75) is 65.7 Å². The molecule has 0 saturated carbocycles. The maximum Gasteiger partial charge on any atom is 0.212 e. The van der Waals surface area contributed by atoms with Gasteiger partial charge in [0, 0.05) is 24.5 Å². The molecule has 0 saturated heterocycles. The highest BCUT2D eigenvalue weighted by Crippen LogP contribution is 2.20. The number of benzene rings is 2. The van der Waals surface area contributed by atoms with Gasteiger partial charge in [0.2, 0.25) is 6.71 Å². The van der Waals surface area contributed by atoms with E-state index in [1.165, 1.54) is 27.6 Å². The molecule has 0 aliphatic heterocycles. The molecular formula is C27H36BClN2. The van der Waals surface area contributed by atoms with Gasteiger partial charge in [-0.15, -0.1) is 0 Å². The van der Waals surface area contributed by atoms with E-state index in [1.807, 2.05) is 16.8 Å². The summed E-state index contributed by atoms with van der Waals surface area (Å²) in [6.45, 7) is 15.1. The summed E-state index contributed by atoms with van der Waals surface area (Å²) < 4.78 is 1.93.